The van der Waals surface area contributed by atoms with Crippen molar-refractivity contribution < 1.29 is 29.0 Å². The Morgan fingerprint density at radius 2 is 2.00 bits per heavy atom. The number of nitrogens with zero attached hydrogens (tertiary/aromatic N) is 1. The maximum Gasteiger partial charge on any atom is 0.374 e. The van der Waals surface area contributed by atoms with Gasteiger partial charge in [0.15, 0.2) is 0 Å². The molecular weight excluding hydrogens is 334 g/mol. The van der Waals surface area contributed by atoms with E-state index < -0.39 is 23.4 Å². The second-order valence-corrected chi connectivity index (χ2v) is 4.57. The highest BCUT2D eigenvalue weighted by atomic mass is 79.9. The number of benzene rings is 1. The minimum Gasteiger partial charge on any atom is -0.496 e. The summed E-state index contributed by atoms with van der Waals surface area (Å²) in [7, 11) is 1.42. The molecule has 104 valence electrons. The van der Waals surface area contributed by atoms with Crippen LogP contribution in [0.1, 0.15) is 21.0 Å². The molecule has 20 heavy (non-hydrogen) atoms. The predicted octanol–water partition coefficient (Wildman–Crippen LogP) is 2.51. The average Bonchev–Trinajstić information content (AvgIpc) is 2.83. The number of methoxy groups -OCH3 is 1. The maximum atomic E-state index is 11.0. The van der Waals surface area contributed by atoms with Gasteiger partial charge in [0.2, 0.25) is 17.3 Å². The summed E-state index contributed by atoms with van der Waals surface area (Å²) >= 11 is 3.26. The van der Waals surface area contributed by atoms with E-state index in [-0.39, 0.29) is 5.89 Å². The number of aromatic nitrogens is 1. The summed E-state index contributed by atoms with van der Waals surface area (Å²) in [4.78, 5) is 25.6. The van der Waals surface area contributed by atoms with Crippen LogP contribution in [0.4, 0.5) is 0 Å². The van der Waals surface area contributed by atoms with Crippen LogP contribution < -0.4 is 4.74 Å². The van der Waals surface area contributed by atoms with Gasteiger partial charge in [0.25, 0.3) is 0 Å². The van der Waals surface area contributed by atoms with E-state index in [1.54, 1.807) is 18.2 Å². The quantitative estimate of drug-likeness (QED) is 0.878. The first-order valence-electron chi connectivity index (χ1n) is 5.25. The molecule has 1 heterocycles. The number of oxazole rings is 1. The van der Waals surface area contributed by atoms with Gasteiger partial charge in [-0.25, -0.2) is 14.6 Å². The van der Waals surface area contributed by atoms with Crippen LogP contribution in [0.25, 0.3) is 11.5 Å². The van der Waals surface area contributed by atoms with Gasteiger partial charge in [-0.2, -0.15) is 0 Å². The fourth-order valence-electron chi connectivity index (χ4n) is 1.57. The van der Waals surface area contributed by atoms with Gasteiger partial charge in [-0.15, -0.1) is 0 Å². The van der Waals surface area contributed by atoms with Crippen LogP contribution in [0.3, 0.4) is 0 Å². The van der Waals surface area contributed by atoms with Crippen LogP contribution in [0.5, 0.6) is 5.75 Å². The van der Waals surface area contributed by atoms with Crippen molar-refractivity contribution in [2.45, 2.75) is 0 Å². The van der Waals surface area contributed by atoms with Crippen molar-refractivity contribution in [3.05, 3.63) is 34.1 Å². The molecule has 0 saturated carbocycles. The molecule has 2 rings (SSSR count). The van der Waals surface area contributed by atoms with Crippen LogP contribution in [0.15, 0.2) is 27.1 Å². The normalized spacial score (nSPS) is 10.3. The van der Waals surface area contributed by atoms with Gasteiger partial charge in [-0.1, -0.05) is 15.9 Å². The van der Waals surface area contributed by atoms with Crippen LogP contribution >= 0.6 is 15.9 Å². The zero-order valence-corrected chi connectivity index (χ0v) is 11.7. The topological polar surface area (TPSA) is 110 Å². The summed E-state index contributed by atoms with van der Waals surface area (Å²) < 4.78 is 10.9. The molecule has 0 bridgehead atoms. The molecule has 0 unspecified atom stereocenters. The molecule has 1 aromatic carbocycles. The lowest BCUT2D eigenvalue weighted by molar-refractivity contribution is 0.0624. The van der Waals surface area contributed by atoms with Crippen molar-refractivity contribution in [1.82, 2.24) is 4.98 Å². The zero-order valence-electron chi connectivity index (χ0n) is 10.1. The molecule has 0 radical (unpaired) electrons. The monoisotopic (exact) mass is 341 g/mol. The Kier molecular flexibility index (Phi) is 3.75. The van der Waals surface area contributed by atoms with Crippen molar-refractivity contribution in [2.75, 3.05) is 7.11 Å². The van der Waals surface area contributed by atoms with Gasteiger partial charge < -0.3 is 19.4 Å². The summed E-state index contributed by atoms with van der Waals surface area (Å²) in [5.74, 6) is -3.47. The number of rotatable bonds is 4. The number of aromatic carboxylic acids is 2. The van der Waals surface area contributed by atoms with Crippen molar-refractivity contribution >= 4 is 27.9 Å². The first-order chi connectivity index (χ1) is 9.43. The Morgan fingerprint density at radius 1 is 1.30 bits per heavy atom. The van der Waals surface area contributed by atoms with Crippen molar-refractivity contribution in [3.63, 3.8) is 0 Å². The van der Waals surface area contributed by atoms with Gasteiger partial charge in [0.1, 0.15) is 5.75 Å². The number of carbonyl (C=O) groups is 2. The number of hydrogen-bond donors (Lipinski definition) is 2. The van der Waals surface area contributed by atoms with Crippen LogP contribution in [0.2, 0.25) is 0 Å². The van der Waals surface area contributed by atoms with E-state index in [0.717, 1.165) is 4.47 Å². The fraction of sp³-hybridized carbons (Fsp3) is 0.0833. The maximum absolute atomic E-state index is 11.0. The molecule has 2 aromatic rings. The van der Waals surface area contributed by atoms with E-state index in [4.69, 9.17) is 19.4 Å². The van der Waals surface area contributed by atoms with Crippen LogP contribution in [0, 0.1) is 0 Å². The second kappa shape index (κ2) is 5.33. The molecule has 0 aliphatic rings. The van der Waals surface area contributed by atoms with Gasteiger partial charge in [-0.3, -0.25) is 0 Å². The second-order valence-electron chi connectivity index (χ2n) is 3.65. The summed E-state index contributed by atoms with van der Waals surface area (Å²) in [5, 5.41) is 17.8. The molecule has 1 aromatic heterocycles. The van der Waals surface area contributed by atoms with E-state index in [2.05, 4.69) is 20.9 Å². The number of carboxylic acid groups (broad SMARTS) is 2. The highest BCUT2D eigenvalue weighted by Crippen LogP contribution is 2.33. The number of hydrogen-bond acceptors (Lipinski definition) is 5. The SMILES string of the molecule is COc1cc(Br)ccc1-c1nc(C(=O)O)c(C(=O)O)o1. The molecule has 0 fully saturated rings. The highest BCUT2D eigenvalue weighted by Gasteiger charge is 2.26. The zero-order chi connectivity index (χ0) is 14.9. The van der Waals surface area contributed by atoms with Gasteiger partial charge in [0, 0.05) is 4.47 Å². The van der Waals surface area contributed by atoms with Crippen LogP contribution in [-0.2, 0) is 0 Å². The summed E-state index contributed by atoms with van der Waals surface area (Å²) in [6, 6.07) is 4.87. The molecule has 0 atom stereocenters. The number of ether oxygens (including phenoxy) is 1. The molecule has 0 spiro atoms. The van der Waals surface area contributed by atoms with Gasteiger partial charge in [0.05, 0.1) is 12.7 Å². The molecule has 2 N–H and O–H groups in total. The van der Waals surface area contributed by atoms with E-state index in [0.29, 0.717) is 11.3 Å². The molecule has 0 saturated heterocycles. The van der Waals surface area contributed by atoms with Gasteiger partial charge >= 0.3 is 11.9 Å². The Morgan fingerprint density at radius 3 is 2.50 bits per heavy atom. The lowest BCUT2D eigenvalue weighted by Crippen LogP contribution is -2.05. The minimum atomic E-state index is -1.50. The van der Waals surface area contributed by atoms with Gasteiger partial charge in [-0.05, 0) is 18.2 Å². The van der Waals surface area contributed by atoms with Crippen molar-refractivity contribution in [2.24, 2.45) is 0 Å². The Bertz CT molecular complexity index is 662. The molecule has 7 nitrogen and oxygen atoms in total. The smallest absolute Gasteiger partial charge is 0.374 e. The Hall–Kier alpha value is -2.35. The lowest BCUT2D eigenvalue weighted by atomic mass is 10.2. The third kappa shape index (κ3) is 2.50. The third-order valence-electron chi connectivity index (χ3n) is 2.42. The standard InChI is InChI=1S/C12H8BrNO6/c1-19-7-4-5(13)2-3-6(7)10-14-8(11(15)16)9(20-10)12(17)18/h2-4H,1H3,(H,15,16)(H,17,18). The molecule has 0 aliphatic carbocycles. The molecule has 0 amide bonds. The predicted molar refractivity (Wildman–Crippen MR) is 70.1 cm³/mol. The van der Waals surface area contributed by atoms with Crippen molar-refractivity contribution in [3.8, 4) is 17.2 Å². The molecule has 8 heteroatoms. The average molecular weight is 342 g/mol. The highest BCUT2D eigenvalue weighted by molar-refractivity contribution is 9.10. The van der Waals surface area contributed by atoms with E-state index in [1.165, 1.54) is 7.11 Å². The lowest BCUT2D eigenvalue weighted by Gasteiger charge is -2.05. The van der Waals surface area contributed by atoms with Crippen LogP contribution in [-0.4, -0.2) is 34.2 Å². The molecular formula is C12H8BrNO6. The number of halogens is 1. The summed E-state index contributed by atoms with van der Waals surface area (Å²) in [6.45, 7) is 0. The fourth-order valence-corrected chi connectivity index (χ4v) is 1.91. The Labute approximate surface area is 120 Å². The summed E-state index contributed by atoms with van der Waals surface area (Å²) in [5.41, 5.74) is -0.303. The first-order valence-corrected chi connectivity index (χ1v) is 6.04. The van der Waals surface area contributed by atoms with E-state index in [1.807, 2.05) is 0 Å². The largest absolute Gasteiger partial charge is 0.496 e. The third-order valence-corrected chi connectivity index (χ3v) is 2.91. The van der Waals surface area contributed by atoms with E-state index in [9.17, 15) is 9.59 Å². The summed E-state index contributed by atoms with van der Waals surface area (Å²) in [6.07, 6.45) is 0. The first kappa shape index (κ1) is 14.1. The molecule has 0 aliphatic heterocycles. The van der Waals surface area contributed by atoms with Crippen molar-refractivity contribution in [1.29, 1.82) is 0 Å². The van der Waals surface area contributed by atoms with E-state index >= 15 is 0 Å². The minimum absolute atomic E-state index is 0.135. The number of carboxylic acids is 2. The Balaban J connectivity index is 2.62.